The first kappa shape index (κ1) is 14.6. The van der Waals surface area contributed by atoms with Crippen LogP contribution in [0.3, 0.4) is 0 Å². The van der Waals surface area contributed by atoms with Gasteiger partial charge in [0, 0.05) is 13.7 Å². The molecule has 0 amide bonds. The zero-order valence-electron chi connectivity index (χ0n) is 9.80. The Morgan fingerprint density at radius 1 is 1.67 bits per heavy atom. The second-order valence-corrected chi connectivity index (χ2v) is 4.00. The van der Waals surface area contributed by atoms with Gasteiger partial charge in [0.15, 0.2) is 0 Å². The molecular weight excluding hydrogens is 262 g/mol. The van der Waals surface area contributed by atoms with Gasteiger partial charge in [0.2, 0.25) is 0 Å². The first-order chi connectivity index (χ1) is 8.52. The molecule has 1 rings (SSSR count). The Bertz CT molecular complexity index is 416. The van der Waals surface area contributed by atoms with Crippen LogP contribution >= 0.6 is 11.6 Å². The molecule has 100 valence electrons. The summed E-state index contributed by atoms with van der Waals surface area (Å²) in [6.07, 6.45) is -0.146. The van der Waals surface area contributed by atoms with Crippen molar-refractivity contribution in [3.05, 3.63) is 27.4 Å². The van der Waals surface area contributed by atoms with Gasteiger partial charge in [0.25, 0.3) is 5.69 Å². The third-order valence-corrected chi connectivity index (χ3v) is 2.33. The van der Waals surface area contributed by atoms with Crippen LogP contribution in [0.25, 0.3) is 0 Å². The van der Waals surface area contributed by atoms with Gasteiger partial charge in [0.05, 0.1) is 29.8 Å². The molecular formula is C10H14ClN3O4. The van der Waals surface area contributed by atoms with E-state index in [2.05, 4.69) is 10.3 Å². The second kappa shape index (κ2) is 7.10. The van der Waals surface area contributed by atoms with Crippen molar-refractivity contribution in [1.82, 2.24) is 4.98 Å². The molecule has 0 bridgehead atoms. The Kier molecular flexibility index (Phi) is 5.76. The molecule has 0 aliphatic carbocycles. The lowest BCUT2D eigenvalue weighted by Gasteiger charge is -2.10. The predicted octanol–water partition coefficient (Wildman–Crippen LogP) is 1.45. The van der Waals surface area contributed by atoms with Crippen LogP contribution in [0, 0.1) is 10.1 Å². The number of rotatable bonds is 7. The van der Waals surface area contributed by atoms with Crippen molar-refractivity contribution in [1.29, 1.82) is 0 Å². The number of halogens is 1. The first-order valence-corrected chi connectivity index (χ1v) is 5.63. The zero-order valence-corrected chi connectivity index (χ0v) is 10.6. The smallest absolute Gasteiger partial charge is 0.276 e. The van der Waals surface area contributed by atoms with E-state index in [4.69, 9.17) is 16.3 Å². The van der Waals surface area contributed by atoms with E-state index < -0.39 is 11.0 Å². The summed E-state index contributed by atoms with van der Waals surface area (Å²) in [5.74, 6) is 0.304. The molecule has 18 heavy (non-hydrogen) atoms. The average Bonchev–Trinajstić information content (AvgIpc) is 2.28. The second-order valence-electron chi connectivity index (χ2n) is 3.62. The van der Waals surface area contributed by atoms with Crippen molar-refractivity contribution >= 4 is 23.1 Å². The molecule has 1 heterocycles. The molecule has 0 fully saturated rings. The molecule has 0 radical (unpaired) electrons. The fraction of sp³-hybridized carbons (Fsp3) is 0.500. The van der Waals surface area contributed by atoms with Crippen molar-refractivity contribution in [2.24, 2.45) is 0 Å². The molecule has 1 atom stereocenters. The Balaban J connectivity index is 2.54. The number of aromatic nitrogens is 1. The lowest BCUT2D eigenvalue weighted by Crippen LogP contribution is -2.18. The molecule has 0 saturated carbocycles. The van der Waals surface area contributed by atoms with E-state index in [0.29, 0.717) is 18.8 Å². The van der Waals surface area contributed by atoms with Crippen LogP contribution in [0.4, 0.5) is 11.5 Å². The molecule has 2 N–H and O–H groups in total. The number of aliphatic hydroxyl groups excluding tert-OH is 1. The third kappa shape index (κ3) is 4.82. The van der Waals surface area contributed by atoms with Gasteiger partial charge in [-0.2, -0.15) is 0 Å². The highest BCUT2D eigenvalue weighted by molar-refractivity contribution is 6.29. The highest BCUT2D eigenvalue weighted by Crippen LogP contribution is 2.20. The number of hydrogen-bond acceptors (Lipinski definition) is 6. The minimum atomic E-state index is -0.586. The normalized spacial score (nSPS) is 12.2. The van der Waals surface area contributed by atoms with Crippen LogP contribution in [0.15, 0.2) is 12.1 Å². The van der Waals surface area contributed by atoms with Crippen molar-refractivity contribution in [2.75, 3.05) is 25.6 Å². The molecule has 0 aromatic carbocycles. The maximum absolute atomic E-state index is 10.6. The van der Waals surface area contributed by atoms with Crippen molar-refractivity contribution < 1.29 is 14.8 Å². The third-order valence-electron chi connectivity index (χ3n) is 2.13. The highest BCUT2D eigenvalue weighted by Gasteiger charge is 2.10. The van der Waals surface area contributed by atoms with Crippen molar-refractivity contribution in [3.8, 4) is 0 Å². The summed E-state index contributed by atoms with van der Waals surface area (Å²) in [6, 6.07) is 2.46. The average molecular weight is 276 g/mol. The molecule has 1 aromatic heterocycles. The molecule has 0 saturated heterocycles. The van der Waals surface area contributed by atoms with Crippen LogP contribution in [0.5, 0.6) is 0 Å². The summed E-state index contributed by atoms with van der Waals surface area (Å²) in [4.78, 5) is 14.0. The lowest BCUT2D eigenvalue weighted by molar-refractivity contribution is -0.384. The number of pyridine rings is 1. The quantitative estimate of drug-likeness (QED) is 0.444. The van der Waals surface area contributed by atoms with Gasteiger partial charge in [-0.3, -0.25) is 10.1 Å². The standard InChI is InChI=1S/C10H14ClN3O4/c1-18-6-8(15)2-3-12-10-5-7(14(16)17)4-9(11)13-10/h4-5,8,15H,2-3,6H2,1H3,(H,12,13). The van der Waals surface area contributed by atoms with Gasteiger partial charge in [-0.05, 0) is 6.42 Å². The van der Waals surface area contributed by atoms with Gasteiger partial charge in [-0.25, -0.2) is 4.98 Å². The van der Waals surface area contributed by atoms with Gasteiger partial charge >= 0.3 is 0 Å². The van der Waals surface area contributed by atoms with Crippen LogP contribution in [0.2, 0.25) is 5.15 Å². The van der Waals surface area contributed by atoms with E-state index >= 15 is 0 Å². The molecule has 8 heteroatoms. The zero-order chi connectivity index (χ0) is 13.5. The number of methoxy groups -OCH3 is 1. The minimum absolute atomic E-state index is 0.0455. The van der Waals surface area contributed by atoms with Crippen molar-refractivity contribution in [2.45, 2.75) is 12.5 Å². The minimum Gasteiger partial charge on any atom is -0.391 e. The lowest BCUT2D eigenvalue weighted by atomic mass is 10.2. The first-order valence-electron chi connectivity index (χ1n) is 5.25. The van der Waals surface area contributed by atoms with Crippen LogP contribution in [-0.2, 0) is 4.74 Å². The SMILES string of the molecule is COCC(O)CCNc1cc([N+](=O)[O-])cc(Cl)n1. The Hall–Kier alpha value is -1.44. The van der Waals surface area contributed by atoms with Crippen LogP contribution < -0.4 is 5.32 Å². The van der Waals surface area contributed by atoms with E-state index in [1.165, 1.54) is 19.2 Å². The van der Waals surface area contributed by atoms with Gasteiger partial charge < -0.3 is 15.2 Å². The Labute approximate surface area is 109 Å². The number of aliphatic hydroxyl groups is 1. The number of ether oxygens (including phenoxy) is 1. The molecule has 0 aliphatic heterocycles. The predicted molar refractivity (Wildman–Crippen MR) is 66.9 cm³/mol. The number of nitrogens with zero attached hydrogens (tertiary/aromatic N) is 2. The van der Waals surface area contributed by atoms with Crippen LogP contribution in [-0.4, -0.2) is 41.4 Å². The molecule has 1 unspecified atom stereocenters. The highest BCUT2D eigenvalue weighted by atomic mass is 35.5. The summed E-state index contributed by atoms with van der Waals surface area (Å²) in [5.41, 5.74) is -0.130. The fourth-order valence-electron chi connectivity index (χ4n) is 1.32. The monoisotopic (exact) mass is 275 g/mol. The van der Waals surface area contributed by atoms with E-state index in [-0.39, 0.29) is 17.4 Å². The van der Waals surface area contributed by atoms with Gasteiger partial charge in [-0.1, -0.05) is 11.6 Å². The summed E-state index contributed by atoms with van der Waals surface area (Å²) >= 11 is 5.66. The fourth-order valence-corrected chi connectivity index (χ4v) is 1.52. The van der Waals surface area contributed by atoms with Gasteiger partial charge in [-0.15, -0.1) is 0 Å². The summed E-state index contributed by atoms with van der Waals surface area (Å²) < 4.78 is 4.77. The summed E-state index contributed by atoms with van der Waals surface area (Å²) in [5, 5.41) is 22.9. The Morgan fingerprint density at radius 2 is 2.39 bits per heavy atom. The number of nitro groups is 1. The summed E-state index contributed by atoms with van der Waals surface area (Å²) in [7, 11) is 1.50. The Morgan fingerprint density at radius 3 is 3.00 bits per heavy atom. The molecule has 0 aliphatic rings. The van der Waals surface area contributed by atoms with E-state index in [0.717, 1.165) is 0 Å². The molecule has 7 nitrogen and oxygen atoms in total. The number of hydrogen-bond donors (Lipinski definition) is 2. The molecule has 1 aromatic rings. The molecule has 0 spiro atoms. The van der Waals surface area contributed by atoms with E-state index in [9.17, 15) is 15.2 Å². The van der Waals surface area contributed by atoms with E-state index in [1.54, 1.807) is 0 Å². The number of nitrogens with one attached hydrogen (secondary N) is 1. The topological polar surface area (TPSA) is 97.5 Å². The van der Waals surface area contributed by atoms with Crippen LogP contribution in [0.1, 0.15) is 6.42 Å². The largest absolute Gasteiger partial charge is 0.391 e. The summed E-state index contributed by atoms with van der Waals surface area (Å²) in [6.45, 7) is 0.653. The van der Waals surface area contributed by atoms with E-state index in [1.807, 2.05) is 0 Å². The van der Waals surface area contributed by atoms with Crippen molar-refractivity contribution in [3.63, 3.8) is 0 Å². The maximum atomic E-state index is 10.6. The number of anilines is 1. The maximum Gasteiger partial charge on any atom is 0.276 e. The van der Waals surface area contributed by atoms with Gasteiger partial charge in [0.1, 0.15) is 11.0 Å².